The van der Waals surface area contributed by atoms with E-state index in [-0.39, 0.29) is 18.9 Å². The normalized spacial score (nSPS) is 10.6. The lowest BCUT2D eigenvalue weighted by Crippen LogP contribution is -2.14. The quantitative estimate of drug-likeness (QED) is 0.488. The molecule has 0 saturated carbocycles. The highest BCUT2D eigenvalue weighted by Gasteiger charge is 2.22. The van der Waals surface area contributed by atoms with Crippen molar-refractivity contribution >= 4 is 29.2 Å². The molecule has 29 heavy (non-hydrogen) atoms. The molecule has 1 aromatic heterocycles. The Labute approximate surface area is 178 Å². The lowest BCUT2D eigenvalue weighted by molar-refractivity contribution is 0.0516. The maximum absolute atomic E-state index is 12.3. The number of esters is 1. The van der Waals surface area contributed by atoms with Gasteiger partial charge in [-0.05, 0) is 36.8 Å². The Balaban J connectivity index is 1.85. The molecule has 3 rings (SSSR count). The number of nitrogens with zero attached hydrogens (tertiary/aromatic N) is 3. The van der Waals surface area contributed by atoms with Gasteiger partial charge in [-0.15, -0.1) is 5.10 Å². The van der Waals surface area contributed by atoms with Crippen LogP contribution in [0.2, 0.25) is 10.0 Å². The van der Waals surface area contributed by atoms with Crippen molar-refractivity contribution in [3.8, 4) is 11.5 Å². The van der Waals surface area contributed by atoms with E-state index >= 15 is 0 Å². The Morgan fingerprint density at radius 1 is 1.07 bits per heavy atom. The lowest BCUT2D eigenvalue weighted by Gasteiger charge is -2.11. The Kier molecular flexibility index (Phi) is 6.95. The van der Waals surface area contributed by atoms with Crippen LogP contribution in [-0.4, -0.2) is 34.7 Å². The summed E-state index contributed by atoms with van der Waals surface area (Å²) in [6.07, 6.45) is 0. The Morgan fingerprint density at radius 3 is 2.45 bits per heavy atom. The Bertz CT molecular complexity index is 990. The third-order valence-corrected chi connectivity index (χ3v) is 4.80. The van der Waals surface area contributed by atoms with Gasteiger partial charge in [-0.2, -0.15) is 0 Å². The van der Waals surface area contributed by atoms with Gasteiger partial charge in [0.1, 0.15) is 23.8 Å². The van der Waals surface area contributed by atoms with Gasteiger partial charge >= 0.3 is 5.97 Å². The molecule has 7 nitrogen and oxygen atoms in total. The van der Waals surface area contributed by atoms with Crippen LogP contribution in [0.1, 0.15) is 28.7 Å². The van der Waals surface area contributed by atoms with Crippen LogP contribution in [0.4, 0.5) is 0 Å². The maximum atomic E-state index is 12.3. The van der Waals surface area contributed by atoms with Crippen LogP contribution >= 0.6 is 23.2 Å². The molecule has 3 aromatic rings. The molecule has 0 N–H and O–H groups in total. The minimum atomic E-state index is -0.554. The van der Waals surface area contributed by atoms with Gasteiger partial charge in [-0.25, -0.2) is 9.48 Å². The van der Waals surface area contributed by atoms with E-state index in [1.807, 2.05) is 24.3 Å². The van der Waals surface area contributed by atoms with Gasteiger partial charge in [0.25, 0.3) is 0 Å². The number of hydrogen-bond acceptors (Lipinski definition) is 6. The molecule has 0 aliphatic carbocycles. The number of halogens is 2. The summed E-state index contributed by atoms with van der Waals surface area (Å²) in [5.41, 5.74) is 1.56. The molecular formula is C20H19Cl2N3O4. The first kappa shape index (κ1) is 21.0. The number of rotatable bonds is 8. The molecule has 0 atom stereocenters. The van der Waals surface area contributed by atoms with Crippen LogP contribution in [0.3, 0.4) is 0 Å². The van der Waals surface area contributed by atoms with E-state index < -0.39 is 5.97 Å². The van der Waals surface area contributed by atoms with Crippen molar-refractivity contribution < 1.29 is 19.0 Å². The van der Waals surface area contributed by atoms with Crippen LogP contribution in [0.5, 0.6) is 11.5 Å². The van der Waals surface area contributed by atoms with Crippen LogP contribution in [-0.2, 0) is 17.9 Å². The molecule has 0 bridgehead atoms. The van der Waals surface area contributed by atoms with E-state index in [1.54, 1.807) is 36.9 Å². The van der Waals surface area contributed by atoms with Crippen molar-refractivity contribution in [2.24, 2.45) is 0 Å². The molecule has 0 saturated heterocycles. The molecule has 0 aliphatic heterocycles. The summed E-state index contributed by atoms with van der Waals surface area (Å²) in [5, 5.41) is 8.91. The summed E-state index contributed by atoms with van der Waals surface area (Å²) in [7, 11) is 1.61. The van der Waals surface area contributed by atoms with E-state index in [2.05, 4.69) is 10.3 Å². The zero-order valence-electron chi connectivity index (χ0n) is 15.9. The van der Waals surface area contributed by atoms with Gasteiger partial charge in [-0.1, -0.05) is 40.5 Å². The van der Waals surface area contributed by atoms with Crippen LogP contribution in [0, 0.1) is 0 Å². The summed E-state index contributed by atoms with van der Waals surface area (Å²) in [6, 6.07) is 12.5. The third-order valence-electron chi connectivity index (χ3n) is 4.06. The third kappa shape index (κ3) is 5.19. The molecule has 2 aromatic carbocycles. The average Bonchev–Trinajstić information content (AvgIpc) is 3.12. The van der Waals surface area contributed by atoms with Crippen molar-refractivity contribution in [2.75, 3.05) is 13.7 Å². The number of benzene rings is 2. The number of carbonyl (C=O) groups excluding carboxylic acids is 1. The summed E-state index contributed by atoms with van der Waals surface area (Å²) in [4.78, 5) is 12.3. The van der Waals surface area contributed by atoms with Gasteiger partial charge in [0.15, 0.2) is 5.69 Å². The number of carbonyl (C=O) groups is 1. The molecule has 0 fully saturated rings. The van der Waals surface area contributed by atoms with E-state index in [1.165, 1.54) is 0 Å². The lowest BCUT2D eigenvalue weighted by atomic mass is 10.2. The number of ether oxygens (including phenoxy) is 3. The van der Waals surface area contributed by atoms with Gasteiger partial charge in [0.2, 0.25) is 0 Å². The fourth-order valence-corrected chi connectivity index (χ4v) is 2.87. The smallest absolute Gasteiger partial charge is 0.360 e. The second-order valence-corrected chi connectivity index (χ2v) is 6.79. The predicted molar refractivity (Wildman–Crippen MR) is 109 cm³/mol. The summed E-state index contributed by atoms with van der Waals surface area (Å²) in [5.74, 6) is 0.704. The first-order valence-corrected chi connectivity index (χ1v) is 9.57. The second-order valence-electron chi connectivity index (χ2n) is 5.98. The minimum Gasteiger partial charge on any atom is -0.497 e. The topological polar surface area (TPSA) is 75.5 Å². The van der Waals surface area contributed by atoms with Gasteiger partial charge in [0.05, 0.1) is 30.3 Å². The highest BCUT2D eigenvalue weighted by Crippen LogP contribution is 2.27. The number of hydrogen-bond donors (Lipinski definition) is 0. The standard InChI is InChI=1S/C20H19Cl2N3O4/c1-3-28-20(26)19-18(12-29-15-8-9-16(21)17(22)10-15)25(24-23-19)11-13-4-6-14(27-2)7-5-13/h4-10H,3,11-12H2,1-2H3. The van der Waals surface area contributed by atoms with Gasteiger partial charge < -0.3 is 14.2 Å². The van der Waals surface area contributed by atoms with Crippen molar-refractivity contribution in [3.63, 3.8) is 0 Å². The zero-order chi connectivity index (χ0) is 20.8. The number of aromatic nitrogens is 3. The van der Waals surface area contributed by atoms with E-state index in [9.17, 15) is 4.79 Å². The Hall–Kier alpha value is -2.77. The van der Waals surface area contributed by atoms with E-state index in [0.29, 0.717) is 28.0 Å². The summed E-state index contributed by atoms with van der Waals surface area (Å²) >= 11 is 12.0. The predicted octanol–water partition coefficient (Wildman–Crippen LogP) is 4.40. The molecule has 0 unspecified atom stereocenters. The molecule has 0 radical (unpaired) electrons. The molecule has 9 heteroatoms. The van der Waals surface area contributed by atoms with Crippen molar-refractivity contribution in [1.82, 2.24) is 15.0 Å². The first-order chi connectivity index (χ1) is 14.0. The summed E-state index contributed by atoms with van der Waals surface area (Å²) in [6.45, 7) is 2.41. The van der Waals surface area contributed by atoms with Crippen LogP contribution in [0.15, 0.2) is 42.5 Å². The van der Waals surface area contributed by atoms with Gasteiger partial charge in [-0.3, -0.25) is 0 Å². The van der Waals surface area contributed by atoms with Gasteiger partial charge in [0, 0.05) is 6.07 Å². The average molecular weight is 436 g/mol. The molecule has 152 valence electrons. The van der Waals surface area contributed by atoms with Crippen LogP contribution < -0.4 is 9.47 Å². The number of methoxy groups -OCH3 is 1. The monoisotopic (exact) mass is 435 g/mol. The SMILES string of the molecule is CCOC(=O)c1nnn(Cc2ccc(OC)cc2)c1COc1ccc(Cl)c(Cl)c1. The van der Waals surface area contributed by atoms with Crippen molar-refractivity contribution in [2.45, 2.75) is 20.1 Å². The van der Waals surface area contributed by atoms with Crippen LogP contribution in [0.25, 0.3) is 0 Å². The summed E-state index contributed by atoms with van der Waals surface area (Å²) < 4.78 is 17.7. The molecule has 1 heterocycles. The zero-order valence-corrected chi connectivity index (χ0v) is 17.4. The minimum absolute atomic E-state index is 0.0509. The van der Waals surface area contributed by atoms with Crippen molar-refractivity contribution in [3.05, 3.63) is 69.5 Å². The first-order valence-electron chi connectivity index (χ1n) is 8.82. The fraction of sp³-hybridized carbons (Fsp3) is 0.250. The highest BCUT2D eigenvalue weighted by molar-refractivity contribution is 6.42. The molecule has 0 spiro atoms. The van der Waals surface area contributed by atoms with E-state index in [0.717, 1.165) is 11.3 Å². The molecule has 0 amide bonds. The second kappa shape index (κ2) is 9.62. The van der Waals surface area contributed by atoms with Crippen molar-refractivity contribution in [1.29, 1.82) is 0 Å². The largest absolute Gasteiger partial charge is 0.497 e. The fourth-order valence-electron chi connectivity index (χ4n) is 2.58. The molecule has 0 aliphatic rings. The maximum Gasteiger partial charge on any atom is 0.360 e. The molecular weight excluding hydrogens is 417 g/mol. The Morgan fingerprint density at radius 2 is 1.79 bits per heavy atom. The van der Waals surface area contributed by atoms with E-state index in [4.69, 9.17) is 37.4 Å². The highest BCUT2D eigenvalue weighted by atomic mass is 35.5.